The van der Waals surface area contributed by atoms with Crippen LogP contribution >= 0.6 is 31.9 Å². The first-order chi connectivity index (χ1) is 22.2. The van der Waals surface area contributed by atoms with Crippen LogP contribution in [0, 0.1) is 0 Å². The van der Waals surface area contributed by atoms with E-state index in [-0.39, 0.29) is 18.1 Å². The maximum absolute atomic E-state index is 13.8. The number of phenolic OH excluding ortho intramolecular Hbond substituents is 1. The first kappa shape index (κ1) is 35.2. The number of phenols is 1. The molecular weight excluding hydrogens is 718 g/mol. The van der Waals surface area contributed by atoms with Crippen LogP contribution in [0.2, 0.25) is 0 Å². The number of nitrogens with two attached hydrogens (primary N) is 1. The van der Waals surface area contributed by atoms with Gasteiger partial charge in [-0.15, -0.1) is 0 Å². The number of carbonyl (C=O) groups is 3. The molecule has 3 aromatic rings. The van der Waals surface area contributed by atoms with Crippen LogP contribution in [-0.4, -0.2) is 84.2 Å². The Morgan fingerprint density at radius 3 is 2.22 bits per heavy atom. The van der Waals surface area contributed by atoms with E-state index in [9.17, 15) is 19.5 Å². The van der Waals surface area contributed by atoms with E-state index >= 15 is 0 Å². The van der Waals surface area contributed by atoms with Gasteiger partial charge < -0.3 is 36.6 Å². The van der Waals surface area contributed by atoms with Gasteiger partial charge in [0.2, 0.25) is 11.8 Å². The number of amides is 4. The van der Waals surface area contributed by atoms with Crippen molar-refractivity contribution >= 4 is 55.4 Å². The van der Waals surface area contributed by atoms with Gasteiger partial charge in [0.1, 0.15) is 17.8 Å². The van der Waals surface area contributed by atoms with E-state index in [4.69, 9.17) is 5.73 Å². The molecule has 0 radical (unpaired) electrons. The van der Waals surface area contributed by atoms with Gasteiger partial charge >= 0.3 is 6.03 Å². The fourth-order valence-electron chi connectivity index (χ4n) is 5.34. The zero-order chi connectivity index (χ0) is 32.9. The lowest BCUT2D eigenvalue weighted by atomic mass is 10.0. The highest BCUT2D eigenvalue weighted by atomic mass is 79.9. The monoisotopic (exact) mass is 757 g/mol. The molecule has 6 N–H and O–H groups in total. The number of unbranched alkanes of at least 4 members (excludes halogenated alkanes) is 1. The number of anilines is 1. The number of halogens is 2. The molecule has 1 aliphatic heterocycles. The third-order valence-corrected chi connectivity index (χ3v) is 9.07. The van der Waals surface area contributed by atoms with Crippen LogP contribution < -0.4 is 26.6 Å². The van der Waals surface area contributed by atoms with Crippen LogP contribution in [0.15, 0.2) is 75.9 Å². The highest BCUT2D eigenvalue weighted by Gasteiger charge is 2.31. The van der Waals surface area contributed by atoms with Gasteiger partial charge in [-0.1, -0.05) is 30.3 Å². The molecule has 1 aliphatic rings. The average molecular weight is 760 g/mol. The molecule has 1 saturated heterocycles. The van der Waals surface area contributed by atoms with E-state index in [1.165, 1.54) is 0 Å². The van der Waals surface area contributed by atoms with Gasteiger partial charge in [-0.3, -0.25) is 14.6 Å². The largest absolute Gasteiger partial charge is 0.506 e. The van der Waals surface area contributed by atoms with Gasteiger partial charge in [-0.05, 0) is 99.5 Å². The molecule has 2 aromatic carbocycles. The number of piperazine rings is 1. The van der Waals surface area contributed by atoms with Crippen LogP contribution in [0.3, 0.4) is 0 Å². The Morgan fingerprint density at radius 2 is 1.57 bits per heavy atom. The fourth-order valence-corrected chi connectivity index (χ4v) is 6.62. The fraction of sp³-hybridized carbons (Fsp3) is 0.394. The number of hydrogen-bond acceptors (Lipinski definition) is 7. The van der Waals surface area contributed by atoms with Crippen molar-refractivity contribution in [3.05, 3.63) is 87.1 Å². The van der Waals surface area contributed by atoms with Crippen LogP contribution in [0.1, 0.15) is 30.4 Å². The summed E-state index contributed by atoms with van der Waals surface area (Å²) in [7, 11) is 0. The molecule has 2 atom stereocenters. The third kappa shape index (κ3) is 10.4. The van der Waals surface area contributed by atoms with Crippen molar-refractivity contribution < 1.29 is 19.5 Å². The quantitative estimate of drug-likeness (QED) is 0.157. The summed E-state index contributed by atoms with van der Waals surface area (Å²) >= 11 is 6.68. The maximum atomic E-state index is 13.8. The number of hydrogen-bond donors (Lipinski definition) is 5. The van der Waals surface area contributed by atoms with E-state index in [1.807, 2.05) is 42.5 Å². The molecule has 46 heavy (non-hydrogen) atoms. The van der Waals surface area contributed by atoms with Crippen molar-refractivity contribution in [1.29, 1.82) is 0 Å². The summed E-state index contributed by atoms with van der Waals surface area (Å²) in [4.78, 5) is 48.7. The Bertz CT molecular complexity index is 1420. The van der Waals surface area contributed by atoms with E-state index < -0.39 is 24.0 Å². The number of carbonyl (C=O) groups excluding carboxylic acids is 3. The summed E-state index contributed by atoms with van der Waals surface area (Å²) in [6.07, 6.45) is 6.08. The number of nitrogens with one attached hydrogen (secondary N) is 3. The Labute approximate surface area is 286 Å². The van der Waals surface area contributed by atoms with Gasteiger partial charge in [-0.2, -0.15) is 0 Å². The third-order valence-electron chi connectivity index (χ3n) is 7.86. The lowest BCUT2D eigenvalue weighted by Crippen LogP contribution is -2.58. The summed E-state index contributed by atoms with van der Waals surface area (Å²) in [5, 5.41) is 18.8. The minimum Gasteiger partial charge on any atom is -0.506 e. The van der Waals surface area contributed by atoms with Gasteiger partial charge in [0.05, 0.1) is 8.95 Å². The van der Waals surface area contributed by atoms with Crippen LogP contribution in [0.25, 0.3) is 0 Å². The number of rotatable bonds is 14. The van der Waals surface area contributed by atoms with Crippen molar-refractivity contribution in [2.75, 3.05) is 44.2 Å². The molecule has 13 heteroatoms. The Kier molecular flexibility index (Phi) is 13.7. The second kappa shape index (κ2) is 17.9. The molecule has 2 heterocycles. The summed E-state index contributed by atoms with van der Waals surface area (Å²) in [5.41, 5.74) is 8.56. The van der Waals surface area contributed by atoms with Gasteiger partial charge in [0, 0.05) is 57.2 Å². The number of aromatic nitrogens is 1. The second-order valence-corrected chi connectivity index (χ2v) is 12.9. The van der Waals surface area contributed by atoms with Gasteiger partial charge in [0.25, 0.3) is 0 Å². The SMILES string of the molecule is NCCCC[C@H](NC(=O)[C@H](Cc1cc(Br)c(O)c(Br)c1)NC(=O)NCCc1ccccc1)C(=O)N1CCN(c2ccncc2)CC1. The molecule has 0 unspecified atom stereocenters. The molecule has 11 nitrogen and oxygen atoms in total. The minimum atomic E-state index is -0.992. The Hall–Kier alpha value is -3.68. The first-order valence-electron chi connectivity index (χ1n) is 15.4. The molecule has 0 aliphatic carbocycles. The topological polar surface area (TPSA) is 153 Å². The molecule has 1 aromatic heterocycles. The first-order valence-corrected chi connectivity index (χ1v) is 17.0. The molecule has 0 saturated carbocycles. The maximum Gasteiger partial charge on any atom is 0.315 e. The number of urea groups is 1. The molecular formula is C33H41Br2N7O4. The van der Waals surface area contributed by atoms with E-state index in [2.05, 4.69) is 57.7 Å². The highest BCUT2D eigenvalue weighted by molar-refractivity contribution is 9.11. The molecule has 4 rings (SSSR count). The van der Waals surface area contributed by atoms with Gasteiger partial charge in [0.15, 0.2) is 0 Å². The summed E-state index contributed by atoms with van der Waals surface area (Å²) < 4.78 is 0.896. The zero-order valence-corrected chi connectivity index (χ0v) is 28.8. The normalized spacial score (nSPS) is 14.3. The lowest BCUT2D eigenvalue weighted by Gasteiger charge is -2.37. The van der Waals surface area contributed by atoms with Crippen molar-refractivity contribution in [2.24, 2.45) is 5.73 Å². The van der Waals surface area contributed by atoms with Crippen LogP contribution in [0.4, 0.5) is 10.5 Å². The number of aromatic hydroxyl groups is 1. The van der Waals surface area contributed by atoms with Crippen LogP contribution in [-0.2, 0) is 22.4 Å². The van der Waals surface area contributed by atoms with E-state index in [1.54, 1.807) is 29.4 Å². The smallest absolute Gasteiger partial charge is 0.315 e. The summed E-state index contributed by atoms with van der Waals surface area (Å²) in [6, 6.07) is 14.8. The number of pyridine rings is 1. The summed E-state index contributed by atoms with van der Waals surface area (Å²) in [6.45, 7) is 3.23. The second-order valence-electron chi connectivity index (χ2n) is 11.2. The standard InChI is InChI=1S/C33H41Br2N7O4/c34-26-20-24(21-27(35)30(26)43)22-29(40-33(46)38-15-9-23-6-2-1-3-7-23)31(44)39-28(8-4-5-12-36)32(45)42-18-16-41(17-19-42)25-10-13-37-14-11-25/h1-3,6-7,10-11,13-14,20-21,28-29,43H,4-5,8-9,12,15-19,22,36H2,(H,39,44)(H2,38,40,46)/t28-,29-/m0/s1. The zero-order valence-electron chi connectivity index (χ0n) is 25.6. The molecule has 0 spiro atoms. The molecule has 0 bridgehead atoms. The number of nitrogens with zero attached hydrogens (tertiary/aromatic N) is 3. The van der Waals surface area contributed by atoms with Crippen molar-refractivity contribution in [3.8, 4) is 5.75 Å². The van der Waals surface area contributed by atoms with Crippen molar-refractivity contribution in [3.63, 3.8) is 0 Å². The van der Waals surface area contributed by atoms with Crippen molar-refractivity contribution in [2.45, 2.75) is 44.2 Å². The van der Waals surface area contributed by atoms with Crippen LogP contribution in [0.5, 0.6) is 5.75 Å². The predicted octanol–water partition coefficient (Wildman–Crippen LogP) is 3.73. The highest BCUT2D eigenvalue weighted by Crippen LogP contribution is 2.33. The van der Waals surface area contributed by atoms with Crippen molar-refractivity contribution in [1.82, 2.24) is 25.8 Å². The lowest BCUT2D eigenvalue weighted by molar-refractivity contribution is -0.137. The molecule has 1 fully saturated rings. The van der Waals surface area contributed by atoms with E-state index in [0.29, 0.717) is 73.0 Å². The minimum absolute atomic E-state index is 0.0333. The predicted molar refractivity (Wildman–Crippen MR) is 186 cm³/mol. The number of benzene rings is 2. The molecule has 246 valence electrons. The molecule has 4 amide bonds. The average Bonchev–Trinajstić information content (AvgIpc) is 3.07. The van der Waals surface area contributed by atoms with Gasteiger partial charge in [-0.25, -0.2) is 4.79 Å². The Balaban J connectivity index is 1.45. The Morgan fingerprint density at radius 1 is 0.891 bits per heavy atom. The summed E-state index contributed by atoms with van der Waals surface area (Å²) in [5.74, 6) is -0.591. The van der Waals surface area contributed by atoms with E-state index in [0.717, 1.165) is 17.7 Å².